The van der Waals surface area contributed by atoms with Crippen LogP contribution in [0.15, 0.2) is 12.1 Å². The van der Waals surface area contributed by atoms with E-state index < -0.39 is 47.0 Å². The van der Waals surface area contributed by atoms with Crippen molar-refractivity contribution in [3.63, 3.8) is 0 Å². The Labute approximate surface area is 215 Å². The molecule has 1 aliphatic carbocycles. The molecule has 2 fully saturated rings. The maximum atomic E-state index is 14.1. The number of hydrogen-bond acceptors (Lipinski definition) is 7. The van der Waals surface area contributed by atoms with Crippen LogP contribution in [0.4, 0.5) is 10.7 Å². The summed E-state index contributed by atoms with van der Waals surface area (Å²) in [5.41, 5.74) is 6.77. The number of hydrogen-bond donors (Lipinski definition) is 3. The summed E-state index contributed by atoms with van der Waals surface area (Å²) in [6.07, 6.45) is 3.21. The van der Waals surface area contributed by atoms with Crippen molar-refractivity contribution in [1.82, 2.24) is 5.32 Å². The minimum atomic E-state index is -1.60. The lowest BCUT2D eigenvalue weighted by Gasteiger charge is -2.29. The molecule has 3 aliphatic heterocycles. The number of thiophene rings is 1. The maximum Gasteiger partial charge on any atom is 0.250 e. The zero-order valence-electron chi connectivity index (χ0n) is 19.3. The lowest BCUT2D eigenvalue weighted by atomic mass is 9.76. The van der Waals surface area contributed by atoms with Crippen molar-refractivity contribution in [1.29, 1.82) is 5.26 Å². The van der Waals surface area contributed by atoms with Gasteiger partial charge in [0.2, 0.25) is 23.6 Å². The topological polar surface area (TPSA) is 145 Å². The summed E-state index contributed by atoms with van der Waals surface area (Å²) in [5, 5.41) is 16.5. The van der Waals surface area contributed by atoms with E-state index in [1.807, 2.05) is 6.92 Å². The van der Waals surface area contributed by atoms with E-state index in [1.54, 1.807) is 12.1 Å². The van der Waals surface area contributed by atoms with Gasteiger partial charge < -0.3 is 11.1 Å². The van der Waals surface area contributed by atoms with Crippen LogP contribution in [0.25, 0.3) is 0 Å². The Kier molecular flexibility index (Phi) is 5.06. The number of nitriles is 1. The fraction of sp³-hybridized carbons (Fsp3) is 0.400. The van der Waals surface area contributed by atoms with Gasteiger partial charge in [-0.25, -0.2) is 4.90 Å². The van der Waals surface area contributed by atoms with Gasteiger partial charge in [-0.05, 0) is 49.8 Å². The number of nitrogens with zero attached hydrogens (tertiary/aromatic N) is 2. The monoisotopic (exact) mass is 523 g/mol. The van der Waals surface area contributed by atoms with E-state index in [-0.39, 0.29) is 6.42 Å². The minimum absolute atomic E-state index is 0.232. The lowest BCUT2D eigenvalue weighted by Crippen LogP contribution is -2.53. The Morgan fingerprint density at radius 2 is 2.03 bits per heavy atom. The highest BCUT2D eigenvalue weighted by Crippen LogP contribution is 2.56. The molecular weight excluding hydrogens is 502 g/mol. The van der Waals surface area contributed by atoms with Gasteiger partial charge in [0.1, 0.15) is 16.6 Å². The quantitative estimate of drug-likeness (QED) is 0.526. The Morgan fingerprint density at radius 3 is 2.75 bits per heavy atom. The molecule has 1 aromatic carbocycles. The molecule has 0 bridgehead atoms. The third kappa shape index (κ3) is 2.91. The standard InChI is InChI=1S/C25H22ClN5O4S/c1-10-6-13-20(14(26)7-10)29-24(35)25(13)19-18(15(30-25)8-17(28)32)21(33)31(22(19)34)23-12(9-27)11-4-2-3-5-16(11)36-23/h6-7,15,18-19,30H,2-5,8H2,1H3,(H2,28,32)(H,29,35)/t15-,18+,19-,25+/m0/s1. The fourth-order valence-corrected chi connectivity index (χ4v) is 8.08. The van der Waals surface area contributed by atoms with Crippen molar-refractivity contribution >= 4 is 57.3 Å². The molecule has 4 heterocycles. The summed E-state index contributed by atoms with van der Waals surface area (Å²) in [4.78, 5) is 55.7. The van der Waals surface area contributed by atoms with Crippen molar-refractivity contribution in [3.05, 3.63) is 44.3 Å². The smallest absolute Gasteiger partial charge is 0.250 e. The van der Waals surface area contributed by atoms with Crippen molar-refractivity contribution < 1.29 is 19.2 Å². The van der Waals surface area contributed by atoms with Crippen LogP contribution in [0.3, 0.4) is 0 Å². The van der Waals surface area contributed by atoms with Crippen molar-refractivity contribution in [2.24, 2.45) is 17.6 Å². The summed E-state index contributed by atoms with van der Waals surface area (Å²) >= 11 is 7.73. The van der Waals surface area contributed by atoms with Crippen molar-refractivity contribution in [2.45, 2.75) is 50.6 Å². The Morgan fingerprint density at radius 1 is 1.28 bits per heavy atom. The molecule has 4 atom stereocenters. The van der Waals surface area contributed by atoms with Crippen LogP contribution in [0.1, 0.15) is 46.4 Å². The van der Waals surface area contributed by atoms with Gasteiger partial charge in [-0.3, -0.25) is 24.5 Å². The van der Waals surface area contributed by atoms with Crippen LogP contribution in [0.5, 0.6) is 0 Å². The molecule has 4 N–H and O–H groups in total. The molecule has 0 saturated carbocycles. The van der Waals surface area contributed by atoms with Crippen LogP contribution >= 0.6 is 22.9 Å². The third-order valence-electron chi connectivity index (χ3n) is 7.81. The van der Waals surface area contributed by atoms with Crippen LogP contribution in [-0.4, -0.2) is 29.7 Å². The highest BCUT2D eigenvalue weighted by atomic mass is 35.5. The van der Waals surface area contributed by atoms with Crippen LogP contribution in [-0.2, 0) is 37.6 Å². The van der Waals surface area contributed by atoms with Gasteiger partial charge in [-0.15, -0.1) is 11.3 Å². The van der Waals surface area contributed by atoms with E-state index in [1.165, 1.54) is 11.3 Å². The van der Waals surface area contributed by atoms with E-state index in [4.69, 9.17) is 17.3 Å². The van der Waals surface area contributed by atoms with Crippen LogP contribution in [0.2, 0.25) is 5.02 Å². The molecule has 0 unspecified atom stereocenters. The van der Waals surface area contributed by atoms with Crippen LogP contribution in [0, 0.1) is 30.1 Å². The number of nitrogens with two attached hydrogens (primary N) is 1. The first-order valence-corrected chi connectivity index (χ1v) is 13.0. The predicted molar refractivity (Wildman–Crippen MR) is 132 cm³/mol. The first-order valence-electron chi connectivity index (χ1n) is 11.8. The van der Waals surface area contributed by atoms with Gasteiger partial charge >= 0.3 is 0 Å². The Hall–Kier alpha value is -3.26. The van der Waals surface area contributed by atoms with E-state index in [0.717, 1.165) is 46.6 Å². The summed E-state index contributed by atoms with van der Waals surface area (Å²) in [6.45, 7) is 1.82. The van der Waals surface area contributed by atoms with Crippen molar-refractivity contribution in [2.75, 3.05) is 10.2 Å². The van der Waals surface area contributed by atoms with Gasteiger partial charge in [0.15, 0.2) is 0 Å². The molecule has 2 saturated heterocycles. The van der Waals surface area contributed by atoms with Gasteiger partial charge in [0, 0.05) is 22.9 Å². The molecule has 4 aliphatic rings. The van der Waals surface area contributed by atoms with E-state index in [2.05, 4.69) is 16.7 Å². The van der Waals surface area contributed by atoms with Gasteiger partial charge in [0.05, 0.1) is 28.1 Å². The molecule has 184 valence electrons. The molecule has 36 heavy (non-hydrogen) atoms. The van der Waals surface area contributed by atoms with Crippen molar-refractivity contribution in [3.8, 4) is 6.07 Å². The zero-order chi connectivity index (χ0) is 25.5. The predicted octanol–water partition coefficient (Wildman–Crippen LogP) is 2.26. The minimum Gasteiger partial charge on any atom is -0.370 e. The molecule has 6 rings (SSSR count). The SMILES string of the molecule is Cc1cc(Cl)c2c(c1)[C@]1(N[C@@H](CC(N)=O)[C@H]3C(=O)N(c4sc5c(c4C#N)CCCC5)C(=O)[C@H]31)C(=O)N2. The molecule has 0 radical (unpaired) electrons. The van der Waals surface area contributed by atoms with E-state index in [9.17, 15) is 24.4 Å². The molecule has 9 nitrogen and oxygen atoms in total. The normalized spacial score (nSPS) is 28.2. The number of benzene rings is 1. The van der Waals surface area contributed by atoms with Gasteiger partial charge in [-0.1, -0.05) is 17.7 Å². The summed E-state index contributed by atoms with van der Waals surface area (Å²) in [5.74, 6) is -4.41. The first-order chi connectivity index (χ1) is 17.2. The number of anilines is 2. The highest BCUT2D eigenvalue weighted by Gasteiger charge is 2.71. The number of fused-ring (bicyclic) bond motifs is 5. The first kappa shape index (κ1) is 23.2. The van der Waals surface area contributed by atoms with Crippen LogP contribution < -0.4 is 21.3 Å². The number of halogens is 1. The number of rotatable bonds is 3. The van der Waals surface area contributed by atoms with E-state index in [0.29, 0.717) is 26.8 Å². The molecule has 4 amide bonds. The average molecular weight is 524 g/mol. The fourth-order valence-electron chi connectivity index (χ4n) is 6.41. The molecular formula is C25H22ClN5O4S. The summed E-state index contributed by atoms with van der Waals surface area (Å²) in [7, 11) is 0. The Bertz CT molecular complexity index is 1440. The number of carbonyl (C=O) groups excluding carboxylic acids is 4. The highest BCUT2D eigenvalue weighted by molar-refractivity contribution is 7.17. The second-order valence-corrected chi connectivity index (χ2v) is 11.4. The second kappa shape index (κ2) is 7.87. The molecule has 11 heteroatoms. The van der Waals surface area contributed by atoms with E-state index >= 15 is 0 Å². The van der Waals surface area contributed by atoms with Gasteiger partial charge in [0.25, 0.3) is 0 Å². The maximum absolute atomic E-state index is 14.1. The largest absolute Gasteiger partial charge is 0.370 e. The number of aryl methyl sites for hydroxylation is 2. The molecule has 1 spiro atoms. The number of primary amides is 1. The van der Waals surface area contributed by atoms with Gasteiger partial charge in [-0.2, -0.15) is 5.26 Å². The average Bonchev–Trinajstić information content (AvgIpc) is 3.50. The summed E-state index contributed by atoms with van der Waals surface area (Å²) < 4.78 is 0. The number of amides is 4. The zero-order valence-corrected chi connectivity index (χ0v) is 20.9. The third-order valence-corrected chi connectivity index (χ3v) is 9.38. The Balaban J connectivity index is 1.54. The number of nitrogens with one attached hydrogen (secondary N) is 2. The lowest BCUT2D eigenvalue weighted by molar-refractivity contribution is -0.130. The molecule has 2 aromatic rings. The summed E-state index contributed by atoms with van der Waals surface area (Å²) in [6, 6.07) is 4.84. The molecule has 1 aromatic heterocycles. The number of carbonyl (C=O) groups is 4. The second-order valence-electron chi connectivity index (χ2n) is 9.87. The number of imide groups is 1.